The van der Waals surface area contributed by atoms with E-state index in [4.69, 9.17) is 4.74 Å². The molecule has 1 amide bonds. The van der Waals surface area contributed by atoms with Gasteiger partial charge in [0.2, 0.25) is 0 Å². The van der Waals surface area contributed by atoms with Crippen LogP contribution in [0.1, 0.15) is 15.9 Å². The first kappa shape index (κ1) is 16.0. The van der Waals surface area contributed by atoms with Crippen molar-refractivity contribution in [2.75, 3.05) is 32.1 Å². The second kappa shape index (κ2) is 8.79. The third-order valence-electron chi connectivity index (χ3n) is 3.18. The van der Waals surface area contributed by atoms with Crippen LogP contribution in [0.5, 0.6) is 0 Å². The maximum Gasteiger partial charge on any atom is 0.251 e. The summed E-state index contributed by atoms with van der Waals surface area (Å²) in [5.41, 5.74) is 1.81. The number of aromatic nitrogens is 1. The molecule has 2 aromatic rings. The van der Waals surface area contributed by atoms with E-state index in [-0.39, 0.29) is 5.91 Å². The number of rotatable bonds is 8. The highest BCUT2D eigenvalue weighted by molar-refractivity contribution is 5.94. The summed E-state index contributed by atoms with van der Waals surface area (Å²) in [6.07, 6.45) is 2.44. The molecule has 5 heteroatoms. The molecule has 5 nitrogen and oxygen atoms in total. The van der Waals surface area contributed by atoms with E-state index in [9.17, 15) is 4.79 Å². The fourth-order valence-corrected chi connectivity index (χ4v) is 2.02. The average molecular weight is 299 g/mol. The summed E-state index contributed by atoms with van der Waals surface area (Å²) in [5.74, 6) is 0.584. The van der Waals surface area contributed by atoms with E-state index in [2.05, 4.69) is 27.8 Å². The highest BCUT2D eigenvalue weighted by Crippen LogP contribution is 2.06. The van der Waals surface area contributed by atoms with Gasteiger partial charge in [0.1, 0.15) is 5.82 Å². The zero-order chi connectivity index (χ0) is 15.6. The SMILES string of the molecule is COCCNc1cc(C(=O)NCCc2ccccc2)ccn1. The van der Waals surface area contributed by atoms with E-state index in [1.807, 2.05) is 18.2 Å². The third-order valence-corrected chi connectivity index (χ3v) is 3.18. The molecule has 0 aliphatic carbocycles. The summed E-state index contributed by atoms with van der Waals surface area (Å²) >= 11 is 0. The molecule has 2 N–H and O–H groups in total. The molecule has 0 saturated heterocycles. The fraction of sp³-hybridized carbons (Fsp3) is 0.294. The Kier molecular flexibility index (Phi) is 6.39. The number of hydrogen-bond acceptors (Lipinski definition) is 4. The van der Waals surface area contributed by atoms with Crippen molar-refractivity contribution < 1.29 is 9.53 Å². The topological polar surface area (TPSA) is 63.2 Å². The molecule has 22 heavy (non-hydrogen) atoms. The lowest BCUT2D eigenvalue weighted by molar-refractivity contribution is 0.0954. The second-order valence-electron chi connectivity index (χ2n) is 4.84. The molecule has 116 valence electrons. The molecule has 1 heterocycles. The number of hydrogen-bond donors (Lipinski definition) is 2. The number of anilines is 1. The van der Waals surface area contributed by atoms with Crippen molar-refractivity contribution in [3.63, 3.8) is 0 Å². The molecule has 0 fully saturated rings. The normalized spacial score (nSPS) is 10.2. The predicted molar refractivity (Wildman–Crippen MR) is 87.1 cm³/mol. The molecule has 0 bridgehead atoms. The molecule has 0 radical (unpaired) electrons. The Bertz CT molecular complexity index is 587. The van der Waals surface area contributed by atoms with E-state index >= 15 is 0 Å². The summed E-state index contributed by atoms with van der Waals surface area (Å²) in [5, 5.41) is 6.03. The van der Waals surface area contributed by atoms with Gasteiger partial charge in [0.25, 0.3) is 5.91 Å². The van der Waals surface area contributed by atoms with Gasteiger partial charge in [-0.05, 0) is 24.1 Å². The Balaban J connectivity index is 1.82. The first-order chi connectivity index (χ1) is 10.8. The Morgan fingerprint density at radius 1 is 1.18 bits per heavy atom. The van der Waals surface area contributed by atoms with Crippen molar-refractivity contribution in [3.8, 4) is 0 Å². The lowest BCUT2D eigenvalue weighted by Gasteiger charge is -2.08. The molecule has 0 aliphatic rings. The number of methoxy groups -OCH3 is 1. The van der Waals surface area contributed by atoms with Crippen LogP contribution < -0.4 is 10.6 Å². The van der Waals surface area contributed by atoms with Crippen LogP contribution in [0.3, 0.4) is 0 Å². The van der Waals surface area contributed by atoms with Crippen LogP contribution in [-0.2, 0) is 11.2 Å². The van der Waals surface area contributed by atoms with E-state index in [0.29, 0.717) is 31.1 Å². The van der Waals surface area contributed by atoms with E-state index < -0.39 is 0 Å². The van der Waals surface area contributed by atoms with Crippen molar-refractivity contribution in [1.82, 2.24) is 10.3 Å². The Labute approximate surface area is 130 Å². The average Bonchev–Trinajstić information content (AvgIpc) is 2.56. The van der Waals surface area contributed by atoms with Crippen molar-refractivity contribution in [3.05, 3.63) is 59.8 Å². The Hall–Kier alpha value is -2.40. The van der Waals surface area contributed by atoms with Gasteiger partial charge in [-0.3, -0.25) is 4.79 Å². The van der Waals surface area contributed by atoms with Gasteiger partial charge in [0.15, 0.2) is 0 Å². The van der Waals surface area contributed by atoms with Crippen LogP contribution in [0.4, 0.5) is 5.82 Å². The fourth-order valence-electron chi connectivity index (χ4n) is 2.02. The lowest BCUT2D eigenvalue weighted by Crippen LogP contribution is -2.25. The van der Waals surface area contributed by atoms with Gasteiger partial charge in [0.05, 0.1) is 6.61 Å². The molecule has 0 spiro atoms. The molecular weight excluding hydrogens is 278 g/mol. The highest BCUT2D eigenvalue weighted by atomic mass is 16.5. The quantitative estimate of drug-likeness (QED) is 0.733. The van der Waals surface area contributed by atoms with Gasteiger partial charge in [-0.2, -0.15) is 0 Å². The summed E-state index contributed by atoms with van der Waals surface area (Å²) in [6, 6.07) is 13.5. The highest BCUT2D eigenvalue weighted by Gasteiger charge is 2.06. The Morgan fingerprint density at radius 2 is 2.00 bits per heavy atom. The van der Waals surface area contributed by atoms with E-state index in [1.165, 1.54) is 5.56 Å². The minimum Gasteiger partial charge on any atom is -0.383 e. The smallest absolute Gasteiger partial charge is 0.251 e. The van der Waals surface area contributed by atoms with Gasteiger partial charge in [-0.15, -0.1) is 0 Å². The van der Waals surface area contributed by atoms with Crippen molar-refractivity contribution in [2.24, 2.45) is 0 Å². The first-order valence-electron chi connectivity index (χ1n) is 7.30. The maximum absolute atomic E-state index is 12.1. The Morgan fingerprint density at radius 3 is 2.77 bits per heavy atom. The lowest BCUT2D eigenvalue weighted by atomic mass is 10.1. The number of amides is 1. The van der Waals surface area contributed by atoms with Crippen LogP contribution >= 0.6 is 0 Å². The number of benzene rings is 1. The van der Waals surface area contributed by atoms with Crippen LogP contribution in [0.25, 0.3) is 0 Å². The van der Waals surface area contributed by atoms with Gasteiger partial charge in [0, 0.05) is 32.0 Å². The number of nitrogens with zero attached hydrogens (tertiary/aromatic N) is 1. The summed E-state index contributed by atoms with van der Waals surface area (Å²) < 4.78 is 4.97. The second-order valence-corrected chi connectivity index (χ2v) is 4.84. The van der Waals surface area contributed by atoms with Gasteiger partial charge in [-0.1, -0.05) is 30.3 Å². The molecular formula is C17H21N3O2. The van der Waals surface area contributed by atoms with Crippen LogP contribution in [0.15, 0.2) is 48.7 Å². The summed E-state index contributed by atoms with van der Waals surface area (Å²) in [7, 11) is 1.64. The maximum atomic E-state index is 12.1. The standard InChI is InChI=1S/C17H21N3O2/c1-22-12-11-19-16-13-15(8-10-18-16)17(21)20-9-7-14-5-3-2-4-6-14/h2-6,8,10,13H,7,9,11-12H2,1H3,(H,18,19)(H,20,21). The molecule has 2 rings (SSSR count). The minimum atomic E-state index is -0.0897. The monoisotopic (exact) mass is 299 g/mol. The molecule has 1 aromatic carbocycles. The molecule has 0 unspecified atom stereocenters. The van der Waals surface area contributed by atoms with E-state index in [0.717, 1.165) is 6.42 Å². The number of pyridine rings is 1. The van der Waals surface area contributed by atoms with Gasteiger partial charge in [-0.25, -0.2) is 4.98 Å². The first-order valence-corrected chi connectivity index (χ1v) is 7.30. The number of ether oxygens (including phenoxy) is 1. The summed E-state index contributed by atoms with van der Waals surface area (Å²) in [4.78, 5) is 16.3. The molecule has 0 saturated carbocycles. The number of nitrogens with one attached hydrogen (secondary N) is 2. The van der Waals surface area contributed by atoms with Crippen molar-refractivity contribution in [2.45, 2.75) is 6.42 Å². The predicted octanol–water partition coefficient (Wildman–Crippen LogP) is 2.11. The largest absolute Gasteiger partial charge is 0.383 e. The van der Waals surface area contributed by atoms with Crippen LogP contribution in [0.2, 0.25) is 0 Å². The third kappa shape index (κ3) is 5.18. The zero-order valence-electron chi connectivity index (χ0n) is 12.7. The minimum absolute atomic E-state index is 0.0897. The molecule has 1 aromatic heterocycles. The molecule has 0 atom stereocenters. The molecule has 0 aliphatic heterocycles. The van der Waals surface area contributed by atoms with Crippen molar-refractivity contribution in [1.29, 1.82) is 0 Å². The number of carbonyl (C=O) groups is 1. The van der Waals surface area contributed by atoms with Crippen molar-refractivity contribution >= 4 is 11.7 Å². The van der Waals surface area contributed by atoms with Gasteiger partial charge >= 0.3 is 0 Å². The summed E-state index contributed by atoms with van der Waals surface area (Å²) in [6.45, 7) is 1.86. The van der Waals surface area contributed by atoms with Gasteiger partial charge < -0.3 is 15.4 Å². The van der Waals surface area contributed by atoms with Crippen LogP contribution in [-0.4, -0.2) is 37.7 Å². The van der Waals surface area contributed by atoms with E-state index in [1.54, 1.807) is 25.4 Å². The number of carbonyl (C=O) groups excluding carboxylic acids is 1. The zero-order valence-corrected chi connectivity index (χ0v) is 12.7. The van der Waals surface area contributed by atoms with Crippen LogP contribution in [0, 0.1) is 0 Å².